The molecule has 0 unspecified atom stereocenters. The van der Waals surface area contributed by atoms with Crippen LogP contribution in [-0.2, 0) is 17.1 Å². The number of fused-ring (bicyclic) bond motifs is 1. The van der Waals surface area contributed by atoms with E-state index < -0.39 is 5.63 Å². The normalized spacial score (nSPS) is 10.8. The molecule has 7 nitrogen and oxygen atoms in total. The molecule has 0 aliphatic carbocycles. The Bertz CT molecular complexity index is 1040. The first-order valence-corrected chi connectivity index (χ1v) is 8.94. The second-order valence-corrected chi connectivity index (χ2v) is 6.64. The number of aromatic nitrogens is 3. The smallest absolute Gasteiger partial charge is 0.336 e. The van der Waals surface area contributed by atoms with Gasteiger partial charge in [0.1, 0.15) is 11.4 Å². The highest BCUT2D eigenvalue weighted by Gasteiger charge is 2.12. The number of aryl methyl sites for hydroxylation is 1. The van der Waals surface area contributed by atoms with Crippen LogP contribution < -0.4 is 10.9 Å². The molecule has 0 saturated heterocycles. The fourth-order valence-corrected chi connectivity index (χ4v) is 3.56. The molecule has 1 amide bonds. The quantitative estimate of drug-likeness (QED) is 0.407. The molecule has 26 heavy (non-hydrogen) atoms. The third kappa shape index (κ3) is 3.85. The summed E-state index contributed by atoms with van der Waals surface area (Å²) in [5.74, 6) is 1.16. The number of allylic oxidation sites excluding steroid dienone is 1. The number of carbonyl (C=O) groups is 1. The molecule has 1 N–H and O–H groups in total. The molecule has 1 aromatic carbocycles. The Morgan fingerprint density at radius 3 is 2.92 bits per heavy atom. The maximum absolute atomic E-state index is 11.9. The van der Waals surface area contributed by atoms with Crippen LogP contribution in [0.2, 0.25) is 0 Å². The maximum atomic E-state index is 11.9. The highest BCUT2D eigenvalue weighted by atomic mass is 32.2. The Balaban J connectivity index is 1.91. The van der Waals surface area contributed by atoms with Crippen LogP contribution >= 0.6 is 11.8 Å². The third-order valence-electron chi connectivity index (χ3n) is 3.72. The number of rotatable bonds is 6. The summed E-state index contributed by atoms with van der Waals surface area (Å²) in [7, 11) is 0. The van der Waals surface area contributed by atoms with Crippen molar-refractivity contribution in [3.05, 3.63) is 58.7 Å². The van der Waals surface area contributed by atoms with E-state index in [2.05, 4.69) is 22.1 Å². The van der Waals surface area contributed by atoms with Gasteiger partial charge in [0.05, 0.1) is 0 Å². The van der Waals surface area contributed by atoms with Gasteiger partial charge in [0.2, 0.25) is 5.91 Å². The molecular formula is C18H18N4O3S. The lowest BCUT2D eigenvalue weighted by atomic mass is 10.1. The maximum Gasteiger partial charge on any atom is 0.336 e. The zero-order valence-corrected chi connectivity index (χ0v) is 15.3. The van der Waals surface area contributed by atoms with Crippen LogP contribution in [0.4, 0.5) is 5.69 Å². The molecule has 0 atom stereocenters. The molecule has 0 bridgehead atoms. The zero-order valence-electron chi connectivity index (χ0n) is 14.5. The summed E-state index contributed by atoms with van der Waals surface area (Å²) in [6, 6.07) is 6.74. The molecule has 8 heteroatoms. The van der Waals surface area contributed by atoms with E-state index in [-0.39, 0.29) is 5.91 Å². The van der Waals surface area contributed by atoms with Gasteiger partial charge < -0.3 is 14.3 Å². The van der Waals surface area contributed by atoms with Crippen molar-refractivity contribution in [2.45, 2.75) is 31.3 Å². The zero-order chi connectivity index (χ0) is 18.7. The Labute approximate surface area is 154 Å². The van der Waals surface area contributed by atoms with E-state index in [0.29, 0.717) is 23.6 Å². The molecule has 0 radical (unpaired) electrons. The Kier molecular flexibility index (Phi) is 5.22. The topological polar surface area (TPSA) is 90.0 Å². The SMILES string of the molecule is C=CCn1c(C)nnc1SCc1cc(=O)oc2cc(NC(C)=O)ccc12. The van der Waals surface area contributed by atoms with Gasteiger partial charge in [-0.15, -0.1) is 16.8 Å². The highest BCUT2D eigenvalue weighted by Crippen LogP contribution is 2.27. The minimum absolute atomic E-state index is 0.185. The number of anilines is 1. The Hall–Kier alpha value is -2.87. The summed E-state index contributed by atoms with van der Waals surface area (Å²) < 4.78 is 7.24. The fraction of sp³-hybridized carbons (Fsp3) is 0.222. The van der Waals surface area contributed by atoms with Gasteiger partial charge in [-0.25, -0.2) is 4.79 Å². The van der Waals surface area contributed by atoms with Crippen molar-refractivity contribution in [1.82, 2.24) is 14.8 Å². The molecular weight excluding hydrogens is 352 g/mol. The first-order chi connectivity index (χ1) is 12.5. The number of hydrogen-bond acceptors (Lipinski definition) is 6. The number of hydrogen-bond donors (Lipinski definition) is 1. The number of thioether (sulfide) groups is 1. The summed E-state index contributed by atoms with van der Waals surface area (Å²) in [6.07, 6.45) is 1.79. The highest BCUT2D eigenvalue weighted by molar-refractivity contribution is 7.98. The lowest BCUT2D eigenvalue weighted by molar-refractivity contribution is -0.114. The summed E-state index contributed by atoms with van der Waals surface area (Å²) in [4.78, 5) is 23.1. The average Bonchev–Trinajstić information content (AvgIpc) is 2.92. The van der Waals surface area contributed by atoms with Gasteiger partial charge >= 0.3 is 5.63 Å². The monoisotopic (exact) mass is 370 g/mol. The van der Waals surface area contributed by atoms with E-state index in [1.54, 1.807) is 18.2 Å². The van der Waals surface area contributed by atoms with E-state index in [0.717, 1.165) is 21.9 Å². The van der Waals surface area contributed by atoms with Gasteiger partial charge in [-0.1, -0.05) is 17.8 Å². The van der Waals surface area contributed by atoms with Gasteiger partial charge in [-0.2, -0.15) is 0 Å². The molecule has 2 heterocycles. The minimum Gasteiger partial charge on any atom is -0.423 e. The Morgan fingerprint density at radius 1 is 1.38 bits per heavy atom. The van der Waals surface area contributed by atoms with Crippen molar-refractivity contribution in [2.24, 2.45) is 0 Å². The second-order valence-electron chi connectivity index (χ2n) is 5.70. The van der Waals surface area contributed by atoms with Crippen LogP contribution in [-0.4, -0.2) is 20.7 Å². The molecule has 134 valence electrons. The van der Waals surface area contributed by atoms with E-state index in [4.69, 9.17) is 4.42 Å². The predicted molar refractivity (Wildman–Crippen MR) is 101 cm³/mol. The predicted octanol–water partition coefficient (Wildman–Crippen LogP) is 3.13. The molecule has 2 aromatic heterocycles. The van der Waals surface area contributed by atoms with Crippen molar-refractivity contribution in [1.29, 1.82) is 0 Å². The molecule has 3 aromatic rings. The summed E-state index contributed by atoms with van der Waals surface area (Å²) >= 11 is 1.49. The average molecular weight is 370 g/mol. The van der Waals surface area contributed by atoms with E-state index in [1.165, 1.54) is 24.8 Å². The lowest BCUT2D eigenvalue weighted by Crippen LogP contribution is -2.06. The lowest BCUT2D eigenvalue weighted by Gasteiger charge is -2.08. The minimum atomic E-state index is -0.434. The number of amides is 1. The van der Waals surface area contributed by atoms with Crippen LogP contribution in [0.1, 0.15) is 18.3 Å². The number of nitrogens with one attached hydrogen (secondary N) is 1. The van der Waals surface area contributed by atoms with Crippen LogP contribution in [0.3, 0.4) is 0 Å². The fourth-order valence-electron chi connectivity index (χ4n) is 2.58. The van der Waals surface area contributed by atoms with Crippen LogP contribution in [0, 0.1) is 6.92 Å². The van der Waals surface area contributed by atoms with Gasteiger partial charge in [0, 0.05) is 42.4 Å². The number of nitrogens with zero attached hydrogens (tertiary/aromatic N) is 3. The van der Waals surface area contributed by atoms with Gasteiger partial charge in [-0.3, -0.25) is 4.79 Å². The molecule has 0 aliphatic heterocycles. The summed E-state index contributed by atoms with van der Waals surface area (Å²) in [5, 5.41) is 12.5. The first kappa shape index (κ1) is 17.9. The van der Waals surface area contributed by atoms with Crippen molar-refractivity contribution < 1.29 is 9.21 Å². The van der Waals surface area contributed by atoms with Crippen LogP contribution in [0.5, 0.6) is 0 Å². The largest absolute Gasteiger partial charge is 0.423 e. The molecule has 3 rings (SSSR count). The summed E-state index contributed by atoms with van der Waals surface area (Å²) in [5.41, 5.74) is 1.42. The van der Waals surface area contributed by atoms with Crippen molar-refractivity contribution >= 4 is 34.3 Å². The summed E-state index contributed by atoms with van der Waals surface area (Å²) in [6.45, 7) is 7.68. The van der Waals surface area contributed by atoms with Crippen molar-refractivity contribution in [3.63, 3.8) is 0 Å². The van der Waals surface area contributed by atoms with E-state index >= 15 is 0 Å². The van der Waals surface area contributed by atoms with Crippen LogP contribution in [0.15, 0.2) is 51.3 Å². The number of carbonyl (C=O) groups excluding carboxylic acids is 1. The third-order valence-corrected chi connectivity index (χ3v) is 4.74. The van der Waals surface area contributed by atoms with Gasteiger partial charge in [-0.05, 0) is 24.6 Å². The van der Waals surface area contributed by atoms with Gasteiger partial charge in [0.25, 0.3) is 0 Å². The molecule has 0 aliphatic rings. The number of benzene rings is 1. The van der Waals surface area contributed by atoms with Crippen molar-refractivity contribution in [2.75, 3.05) is 5.32 Å². The molecule has 0 fully saturated rings. The standard InChI is InChI=1S/C18H18N4O3S/c1-4-7-22-11(2)20-21-18(22)26-10-13-8-17(24)25-16-9-14(19-12(3)23)5-6-15(13)16/h4-6,8-9H,1,7,10H2,2-3H3,(H,19,23). The Morgan fingerprint density at radius 2 is 2.19 bits per heavy atom. The van der Waals surface area contributed by atoms with Crippen molar-refractivity contribution in [3.8, 4) is 0 Å². The van der Waals surface area contributed by atoms with E-state index in [1.807, 2.05) is 17.6 Å². The van der Waals surface area contributed by atoms with E-state index in [9.17, 15) is 9.59 Å². The second kappa shape index (κ2) is 7.57. The molecule has 0 saturated carbocycles. The van der Waals surface area contributed by atoms with Crippen LogP contribution in [0.25, 0.3) is 11.0 Å². The first-order valence-electron chi connectivity index (χ1n) is 7.96. The molecule has 0 spiro atoms. The van der Waals surface area contributed by atoms with Gasteiger partial charge in [0.15, 0.2) is 5.16 Å².